The van der Waals surface area contributed by atoms with Crippen molar-refractivity contribution in [2.24, 2.45) is 0 Å². The summed E-state index contributed by atoms with van der Waals surface area (Å²) >= 11 is 21.0. The van der Waals surface area contributed by atoms with Crippen LogP contribution in [-0.2, 0) is 0 Å². The molecular weight excluding hydrogens is 930 g/mol. The highest BCUT2D eigenvalue weighted by Crippen LogP contribution is 2.30. The first-order valence-corrected chi connectivity index (χ1v) is 19.6. The van der Waals surface area contributed by atoms with E-state index in [-0.39, 0.29) is 61.9 Å². The highest BCUT2D eigenvalue weighted by molar-refractivity contribution is 9.10. The first-order valence-electron chi connectivity index (χ1n) is 17.7. The molecule has 0 radical (unpaired) electrons. The number of aromatic hydroxyl groups is 1. The molecule has 0 aromatic heterocycles. The standard InChI is InChI=1S/C11H17ClN2.C8H10BrNO.C8H10ClNO.C8H10FNO.C7H8ClNO.6CH4/c1-4-14(5-2)11-7-6-9(13-3)8-10(11)12;3*1-10-6-3-4-8(11-2)7(9)5-6;1-9-5-2-3-7(10)6(8)4-5;;;;;;/h6-8,13H,4-5H2,1-3H3;3*3-5,10H,1-2H3;2-4,9-10H,1H3;6*1H4. The number of phenols is 1. The van der Waals surface area contributed by atoms with Crippen molar-refractivity contribution in [1.82, 2.24) is 0 Å². The second kappa shape index (κ2) is 39.0. The van der Waals surface area contributed by atoms with E-state index in [9.17, 15) is 4.39 Å². The van der Waals surface area contributed by atoms with Gasteiger partial charge in [0.05, 0.1) is 46.6 Å². The largest absolute Gasteiger partial charge is 0.506 e. The van der Waals surface area contributed by atoms with Crippen LogP contribution in [0, 0.1) is 5.82 Å². The highest BCUT2D eigenvalue weighted by Gasteiger charge is 2.07. The monoisotopic (exact) mass is 1010 g/mol. The summed E-state index contributed by atoms with van der Waals surface area (Å²) in [5.41, 5.74) is 5.83. The van der Waals surface area contributed by atoms with Crippen LogP contribution in [0.25, 0.3) is 0 Å². The summed E-state index contributed by atoms with van der Waals surface area (Å²) in [4.78, 5) is 2.24. The Morgan fingerprint density at radius 1 is 0.508 bits per heavy atom. The van der Waals surface area contributed by atoms with Gasteiger partial charge in [0.15, 0.2) is 11.6 Å². The summed E-state index contributed by atoms with van der Waals surface area (Å²) in [6.07, 6.45) is 0. The molecule has 0 amide bonds. The van der Waals surface area contributed by atoms with Crippen molar-refractivity contribution < 1.29 is 23.7 Å². The van der Waals surface area contributed by atoms with Gasteiger partial charge in [-0.3, -0.25) is 0 Å². The number of anilines is 6. The maximum Gasteiger partial charge on any atom is 0.167 e. The minimum absolute atomic E-state index is 0. The molecule has 15 heteroatoms. The van der Waals surface area contributed by atoms with Gasteiger partial charge < -0.3 is 50.8 Å². The average molecular weight is 1010 g/mol. The number of hydrogen-bond acceptors (Lipinski definition) is 10. The molecule has 5 rings (SSSR count). The van der Waals surface area contributed by atoms with Crippen LogP contribution in [0.2, 0.25) is 15.1 Å². The van der Waals surface area contributed by atoms with Crippen LogP contribution in [0.3, 0.4) is 0 Å². The first-order chi connectivity index (χ1) is 27.3. The average Bonchev–Trinajstić information content (AvgIpc) is 3.23. The van der Waals surface area contributed by atoms with E-state index in [1.54, 1.807) is 58.6 Å². The number of rotatable bonds is 11. The van der Waals surface area contributed by atoms with Crippen molar-refractivity contribution in [2.45, 2.75) is 58.4 Å². The van der Waals surface area contributed by atoms with E-state index in [0.29, 0.717) is 15.8 Å². The van der Waals surface area contributed by atoms with Crippen molar-refractivity contribution in [3.8, 4) is 23.0 Å². The fourth-order valence-corrected chi connectivity index (χ4v) is 5.89. The van der Waals surface area contributed by atoms with Crippen molar-refractivity contribution >= 4 is 84.9 Å². The summed E-state index contributed by atoms with van der Waals surface area (Å²) in [7, 11) is 13.8. The highest BCUT2D eigenvalue weighted by atomic mass is 79.9. The normalized spacial score (nSPS) is 8.62. The first kappa shape index (κ1) is 70.1. The van der Waals surface area contributed by atoms with E-state index >= 15 is 0 Å². The molecule has 0 saturated carbocycles. The van der Waals surface area contributed by atoms with E-state index in [1.807, 2.05) is 69.7 Å². The van der Waals surface area contributed by atoms with Crippen molar-refractivity contribution in [1.29, 1.82) is 0 Å². The van der Waals surface area contributed by atoms with Gasteiger partial charge in [-0.2, -0.15) is 0 Å². The Balaban J connectivity index is -0.000000158. The summed E-state index contributed by atoms with van der Waals surface area (Å²) in [6.45, 7) is 6.22. The van der Waals surface area contributed by atoms with E-state index in [2.05, 4.69) is 67.3 Å². The van der Waals surface area contributed by atoms with Gasteiger partial charge in [0.2, 0.25) is 0 Å². The van der Waals surface area contributed by atoms with Crippen LogP contribution >= 0.6 is 50.7 Å². The molecular formula is C48H79BrCl3FN6O4. The summed E-state index contributed by atoms with van der Waals surface area (Å²) in [5.74, 6) is 1.58. The van der Waals surface area contributed by atoms with Crippen LogP contribution in [0.5, 0.6) is 23.0 Å². The zero-order valence-corrected chi connectivity index (χ0v) is 37.9. The molecule has 6 N–H and O–H groups in total. The van der Waals surface area contributed by atoms with Crippen LogP contribution in [0.1, 0.15) is 58.4 Å². The number of benzene rings is 5. The zero-order valence-electron chi connectivity index (χ0n) is 34.1. The topological polar surface area (TPSA) is 111 Å². The fraction of sp³-hybridized carbons (Fsp3) is 0.375. The molecule has 10 nitrogen and oxygen atoms in total. The third-order valence-corrected chi connectivity index (χ3v) is 9.42. The maximum absolute atomic E-state index is 12.9. The summed E-state index contributed by atoms with van der Waals surface area (Å²) in [5, 5.41) is 25.6. The smallest absolute Gasteiger partial charge is 0.167 e. The number of nitrogens with zero attached hydrogens (tertiary/aromatic N) is 1. The lowest BCUT2D eigenvalue weighted by Crippen LogP contribution is -2.22. The lowest BCUT2D eigenvalue weighted by atomic mass is 10.2. The van der Waals surface area contributed by atoms with Crippen molar-refractivity contribution in [3.05, 3.63) is 116 Å². The molecule has 63 heavy (non-hydrogen) atoms. The number of phenolic OH excluding ortho intramolecular Hbond substituents is 1. The second-order valence-electron chi connectivity index (χ2n) is 11.3. The molecule has 0 unspecified atom stereocenters. The Hall–Kier alpha value is -4.62. The molecule has 0 aliphatic heterocycles. The van der Waals surface area contributed by atoms with E-state index in [0.717, 1.165) is 62.5 Å². The molecule has 0 bridgehead atoms. The Morgan fingerprint density at radius 3 is 1.21 bits per heavy atom. The molecule has 0 atom stereocenters. The van der Waals surface area contributed by atoms with E-state index < -0.39 is 0 Å². The predicted molar refractivity (Wildman–Crippen MR) is 288 cm³/mol. The number of hydrogen-bond donors (Lipinski definition) is 6. The molecule has 0 heterocycles. The lowest BCUT2D eigenvalue weighted by molar-refractivity contribution is 0.386. The third-order valence-electron chi connectivity index (χ3n) is 7.90. The zero-order chi connectivity index (χ0) is 42.9. The molecule has 360 valence electrons. The minimum Gasteiger partial charge on any atom is -0.506 e. The molecule has 5 aromatic rings. The van der Waals surface area contributed by atoms with E-state index in [1.165, 1.54) is 13.2 Å². The van der Waals surface area contributed by atoms with Gasteiger partial charge in [-0.25, -0.2) is 4.39 Å². The SMILES string of the molecule is C.C.C.C.C.C.CCN(CC)c1ccc(NC)cc1Cl.CNc1ccc(O)c(Cl)c1.CNc1ccc(OC)c(Br)c1.CNc1ccc(OC)c(Cl)c1.CNc1ccc(OC)c(F)c1. The predicted octanol–water partition coefficient (Wildman–Crippen LogP) is 15.9. The maximum atomic E-state index is 12.9. The number of methoxy groups -OCH3 is 3. The molecule has 0 spiro atoms. The van der Waals surface area contributed by atoms with Gasteiger partial charge in [-0.1, -0.05) is 79.4 Å². The number of ether oxygens (including phenoxy) is 3. The lowest BCUT2D eigenvalue weighted by Gasteiger charge is -2.22. The Morgan fingerprint density at radius 2 is 0.857 bits per heavy atom. The minimum atomic E-state index is -0.348. The van der Waals surface area contributed by atoms with Gasteiger partial charge in [-0.05, 0) is 115 Å². The van der Waals surface area contributed by atoms with Crippen LogP contribution in [-0.4, -0.2) is 74.8 Å². The summed E-state index contributed by atoms with van der Waals surface area (Å²) < 4.78 is 28.6. The van der Waals surface area contributed by atoms with Gasteiger partial charge in [-0.15, -0.1) is 0 Å². The molecule has 5 aromatic carbocycles. The van der Waals surface area contributed by atoms with Crippen LogP contribution in [0.15, 0.2) is 95.5 Å². The van der Waals surface area contributed by atoms with Gasteiger partial charge in [0, 0.05) is 82.8 Å². The fourth-order valence-electron chi connectivity index (χ4n) is 4.61. The van der Waals surface area contributed by atoms with E-state index in [4.69, 9.17) is 54.1 Å². The number of nitrogens with one attached hydrogen (secondary N) is 5. The third kappa shape index (κ3) is 24.7. The molecule has 0 aliphatic rings. The second-order valence-corrected chi connectivity index (χ2v) is 13.4. The van der Waals surface area contributed by atoms with Crippen LogP contribution < -0.4 is 45.7 Å². The molecule has 0 saturated heterocycles. The van der Waals surface area contributed by atoms with Gasteiger partial charge in [0.25, 0.3) is 0 Å². The quantitative estimate of drug-likeness (QED) is 0.0716. The Kier molecular flexibility index (Phi) is 43.4. The van der Waals surface area contributed by atoms with Crippen molar-refractivity contribution in [3.63, 3.8) is 0 Å². The summed E-state index contributed by atoms with van der Waals surface area (Å²) in [6, 6.07) is 27.1. The Labute approximate surface area is 405 Å². The van der Waals surface area contributed by atoms with Gasteiger partial charge in [0.1, 0.15) is 17.2 Å². The van der Waals surface area contributed by atoms with Gasteiger partial charge >= 0.3 is 0 Å². The van der Waals surface area contributed by atoms with Crippen molar-refractivity contribution in [2.75, 3.05) is 101 Å². The molecule has 0 aliphatic carbocycles. The van der Waals surface area contributed by atoms with Crippen LogP contribution in [0.4, 0.5) is 38.5 Å². The Bertz CT molecular complexity index is 1800. The molecule has 0 fully saturated rings. The number of halogens is 5.